The second-order valence-corrected chi connectivity index (χ2v) is 5.46. The van der Waals surface area contributed by atoms with Gasteiger partial charge in [-0.05, 0) is 37.9 Å². The predicted molar refractivity (Wildman–Crippen MR) is 79.7 cm³/mol. The van der Waals surface area contributed by atoms with Crippen LogP contribution in [0.25, 0.3) is 0 Å². The Morgan fingerprint density at radius 1 is 1.35 bits per heavy atom. The number of hydrogen-bond donors (Lipinski definition) is 1. The van der Waals surface area contributed by atoms with Crippen LogP contribution in [-0.2, 0) is 11.3 Å². The molecule has 2 rings (SSSR count). The Balaban J connectivity index is 1.89. The van der Waals surface area contributed by atoms with Crippen molar-refractivity contribution in [3.63, 3.8) is 0 Å². The fourth-order valence-electron chi connectivity index (χ4n) is 2.67. The summed E-state index contributed by atoms with van der Waals surface area (Å²) in [6, 6.07) is 7.86. The van der Waals surface area contributed by atoms with Crippen LogP contribution < -0.4 is 10.1 Å². The number of hydrogen-bond acceptors (Lipinski definition) is 3. The van der Waals surface area contributed by atoms with Crippen LogP contribution in [0.5, 0.6) is 5.75 Å². The third-order valence-corrected chi connectivity index (χ3v) is 3.95. The minimum absolute atomic E-state index is 0.225. The molecule has 0 unspecified atom stereocenters. The average Bonchev–Trinajstić information content (AvgIpc) is 2.48. The van der Waals surface area contributed by atoms with E-state index in [1.165, 1.54) is 0 Å². The van der Waals surface area contributed by atoms with Gasteiger partial charge < -0.3 is 15.0 Å². The van der Waals surface area contributed by atoms with Gasteiger partial charge in [0.15, 0.2) is 0 Å². The van der Waals surface area contributed by atoms with E-state index in [0.29, 0.717) is 18.9 Å². The van der Waals surface area contributed by atoms with Crippen LogP contribution in [0.1, 0.15) is 24.8 Å². The lowest BCUT2D eigenvalue weighted by Crippen LogP contribution is -2.33. The van der Waals surface area contributed by atoms with Crippen molar-refractivity contribution in [2.45, 2.75) is 25.8 Å². The number of carbonyl (C=O) groups is 1. The minimum atomic E-state index is 0.225. The number of nitrogens with one attached hydrogen (secondary N) is 1. The summed E-state index contributed by atoms with van der Waals surface area (Å²) >= 11 is 0. The quantitative estimate of drug-likeness (QED) is 0.895. The summed E-state index contributed by atoms with van der Waals surface area (Å²) in [5.41, 5.74) is 1.05. The van der Waals surface area contributed by atoms with Crippen LogP contribution >= 0.6 is 0 Å². The number of amides is 1. The lowest BCUT2D eigenvalue weighted by atomic mass is 9.94. The Kier molecular flexibility index (Phi) is 5.41. The Morgan fingerprint density at radius 2 is 2.05 bits per heavy atom. The van der Waals surface area contributed by atoms with Gasteiger partial charge in [0, 0.05) is 25.6 Å². The minimum Gasteiger partial charge on any atom is -0.496 e. The monoisotopic (exact) mass is 276 g/mol. The third-order valence-electron chi connectivity index (χ3n) is 3.95. The standard InChI is InChI=1S/C16H24N2O2/c1-18(12-14-5-3-4-6-15(14)20-2)16(19)11-13-7-9-17-10-8-13/h3-6,13,17H,7-12H2,1-2H3. The Hall–Kier alpha value is -1.55. The molecule has 1 aromatic carbocycles. The van der Waals surface area contributed by atoms with Gasteiger partial charge in [0.1, 0.15) is 5.75 Å². The molecule has 0 spiro atoms. The summed E-state index contributed by atoms with van der Waals surface area (Å²) in [7, 11) is 3.53. The molecule has 20 heavy (non-hydrogen) atoms. The maximum atomic E-state index is 12.3. The smallest absolute Gasteiger partial charge is 0.222 e. The topological polar surface area (TPSA) is 41.6 Å². The van der Waals surface area contributed by atoms with Crippen molar-refractivity contribution in [2.24, 2.45) is 5.92 Å². The van der Waals surface area contributed by atoms with E-state index in [-0.39, 0.29) is 5.91 Å². The summed E-state index contributed by atoms with van der Waals surface area (Å²) < 4.78 is 5.33. The summed E-state index contributed by atoms with van der Waals surface area (Å²) in [5, 5.41) is 3.33. The van der Waals surface area contributed by atoms with E-state index in [0.717, 1.165) is 37.2 Å². The molecule has 0 saturated carbocycles. The lowest BCUT2D eigenvalue weighted by Gasteiger charge is -2.25. The summed E-state index contributed by atoms with van der Waals surface area (Å²) in [4.78, 5) is 14.1. The van der Waals surface area contributed by atoms with Crippen molar-refractivity contribution < 1.29 is 9.53 Å². The molecule has 1 heterocycles. The van der Waals surface area contributed by atoms with E-state index in [2.05, 4.69) is 5.32 Å². The van der Waals surface area contributed by atoms with Crippen molar-refractivity contribution in [3.8, 4) is 5.75 Å². The van der Waals surface area contributed by atoms with Crippen molar-refractivity contribution in [2.75, 3.05) is 27.2 Å². The van der Waals surface area contributed by atoms with E-state index in [9.17, 15) is 4.79 Å². The summed E-state index contributed by atoms with van der Waals surface area (Å²) in [6.07, 6.45) is 2.87. The van der Waals surface area contributed by atoms with Crippen LogP contribution in [0, 0.1) is 5.92 Å². The fourth-order valence-corrected chi connectivity index (χ4v) is 2.67. The van der Waals surface area contributed by atoms with E-state index in [1.54, 1.807) is 12.0 Å². The predicted octanol–water partition coefficient (Wildman–Crippen LogP) is 2.04. The molecular formula is C16H24N2O2. The highest BCUT2D eigenvalue weighted by Crippen LogP contribution is 2.21. The molecule has 1 aliphatic rings. The number of para-hydroxylation sites is 1. The maximum absolute atomic E-state index is 12.3. The van der Waals surface area contributed by atoms with E-state index in [1.807, 2.05) is 31.3 Å². The molecule has 110 valence electrons. The van der Waals surface area contributed by atoms with Gasteiger partial charge in [-0.2, -0.15) is 0 Å². The molecule has 0 bridgehead atoms. The molecule has 1 amide bonds. The largest absolute Gasteiger partial charge is 0.496 e. The number of ether oxygens (including phenoxy) is 1. The van der Waals surface area contributed by atoms with Gasteiger partial charge in [-0.25, -0.2) is 0 Å². The highest BCUT2D eigenvalue weighted by molar-refractivity contribution is 5.76. The molecular weight excluding hydrogens is 252 g/mol. The van der Waals surface area contributed by atoms with Gasteiger partial charge in [-0.1, -0.05) is 18.2 Å². The highest BCUT2D eigenvalue weighted by atomic mass is 16.5. The first-order chi connectivity index (χ1) is 9.70. The van der Waals surface area contributed by atoms with Crippen LogP contribution in [0.3, 0.4) is 0 Å². The highest BCUT2D eigenvalue weighted by Gasteiger charge is 2.19. The van der Waals surface area contributed by atoms with Gasteiger partial charge >= 0.3 is 0 Å². The van der Waals surface area contributed by atoms with Crippen LogP contribution in [-0.4, -0.2) is 38.1 Å². The van der Waals surface area contributed by atoms with Crippen molar-refractivity contribution in [3.05, 3.63) is 29.8 Å². The van der Waals surface area contributed by atoms with Gasteiger partial charge in [-0.15, -0.1) is 0 Å². The number of benzene rings is 1. The van der Waals surface area contributed by atoms with Gasteiger partial charge in [0.2, 0.25) is 5.91 Å². The van der Waals surface area contributed by atoms with Gasteiger partial charge in [0.05, 0.1) is 7.11 Å². The molecule has 0 atom stereocenters. The van der Waals surface area contributed by atoms with E-state index >= 15 is 0 Å². The number of methoxy groups -OCH3 is 1. The Labute approximate surface area is 121 Å². The Bertz CT molecular complexity index is 442. The molecule has 0 aromatic heterocycles. The van der Waals surface area contributed by atoms with Crippen LogP contribution in [0.2, 0.25) is 0 Å². The molecule has 1 fully saturated rings. The third kappa shape index (κ3) is 3.97. The molecule has 4 heteroatoms. The van der Waals surface area contributed by atoms with Crippen LogP contribution in [0.4, 0.5) is 0 Å². The Morgan fingerprint density at radius 3 is 2.75 bits per heavy atom. The molecule has 1 saturated heterocycles. The number of nitrogens with zero attached hydrogens (tertiary/aromatic N) is 1. The molecule has 1 aromatic rings. The molecule has 1 aliphatic heterocycles. The second-order valence-electron chi connectivity index (χ2n) is 5.46. The SMILES string of the molecule is COc1ccccc1CN(C)C(=O)CC1CCNCC1. The summed E-state index contributed by atoms with van der Waals surface area (Å²) in [5.74, 6) is 1.60. The van der Waals surface area contributed by atoms with Gasteiger partial charge in [-0.3, -0.25) is 4.79 Å². The first-order valence-corrected chi connectivity index (χ1v) is 7.27. The first-order valence-electron chi connectivity index (χ1n) is 7.27. The zero-order valence-electron chi connectivity index (χ0n) is 12.4. The molecule has 0 radical (unpaired) electrons. The average molecular weight is 276 g/mol. The molecule has 1 N–H and O–H groups in total. The maximum Gasteiger partial charge on any atom is 0.222 e. The number of piperidine rings is 1. The van der Waals surface area contributed by atoms with Crippen LogP contribution in [0.15, 0.2) is 24.3 Å². The zero-order valence-corrected chi connectivity index (χ0v) is 12.4. The second kappa shape index (κ2) is 7.29. The molecule has 4 nitrogen and oxygen atoms in total. The molecule has 0 aliphatic carbocycles. The lowest BCUT2D eigenvalue weighted by molar-refractivity contribution is -0.131. The van der Waals surface area contributed by atoms with Crippen molar-refractivity contribution in [1.82, 2.24) is 10.2 Å². The first kappa shape index (κ1) is 14.9. The number of carbonyl (C=O) groups excluding carboxylic acids is 1. The number of rotatable bonds is 5. The van der Waals surface area contributed by atoms with Crippen molar-refractivity contribution >= 4 is 5.91 Å². The van der Waals surface area contributed by atoms with E-state index < -0.39 is 0 Å². The summed E-state index contributed by atoms with van der Waals surface area (Å²) in [6.45, 7) is 2.68. The van der Waals surface area contributed by atoms with Crippen molar-refractivity contribution in [1.29, 1.82) is 0 Å². The normalized spacial score (nSPS) is 15.9. The van der Waals surface area contributed by atoms with Gasteiger partial charge in [0.25, 0.3) is 0 Å². The van der Waals surface area contributed by atoms with E-state index in [4.69, 9.17) is 4.74 Å². The zero-order chi connectivity index (χ0) is 14.4. The fraction of sp³-hybridized carbons (Fsp3) is 0.562.